The number of hydrogen-bond donors (Lipinski definition) is 3. The van der Waals surface area contributed by atoms with Crippen molar-refractivity contribution in [1.82, 2.24) is 10.3 Å². The number of nitrogens with two attached hydrogens (primary N) is 1. The minimum atomic E-state index is -3.56. The van der Waals surface area contributed by atoms with E-state index in [1.807, 2.05) is 6.92 Å². The van der Waals surface area contributed by atoms with Gasteiger partial charge in [0.1, 0.15) is 5.82 Å². The van der Waals surface area contributed by atoms with Crippen LogP contribution in [0.4, 0.5) is 5.82 Å². The van der Waals surface area contributed by atoms with Crippen LogP contribution in [0.1, 0.15) is 17.3 Å². The summed E-state index contributed by atoms with van der Waals surface area (Å²) in [6.07, 6.45) is 1.42. The summed E-state index contributed by atoms with van der Waals surface area (Å²) in [4.78, 5) is 15.6. The Kier molecular flexibility index (Phi) is 5.05. The van der Waals surface area contributed by atoms with Gasteiger partial charge >= 0.3 is 0 Å². The zero-order valence-corrected chi connectivity index (χ0v) is 10.8. The molecule has 0 saturated carbocycles. The first kappa shape index (κ1) is 14.4. The molecule has 0 spiro atoms. The fraction of sp³-hybridized carbons (Fsp3) is 0.400. The third-order valence-corrected chi connectivity index (χ3v) is 2.83. The molecular weight excluding hydrogens is 256 g/mol. The molecule has 1 rings (SSSR count). The molecule has 1 amide bonds. The fourth-order valence-corrected chi connectivity index (χ4v) is 1.61. The maximum absolute atomic E-state index is 11.6. The quantitative estimate of drug-likeness (QED) is 0.648. The molecule has 0 bridgehead atoms. The summed E-state index contributed by atoms with van der Waals surface area (Å²) >= 11 is 0. The Hall–Kier alpha value is -1.67. The number of carbonyl (C=O) groups is 1. The number of amides is 1. The Morgan fingerprint density at radius 1 is 1.44 bits per heavy atom. The van der Waals surface area contributed by atoms with Gasteiger partial charge in [0.15, 0.2) is 0 Å². The van der Waals surface area contributed by atoms with Crippen molar-refractivity contribution in [2.45, 2.75) is 6.92 Å². The van der Waals surface area contributed by atoms with Crippen LogP contribution in [0.2, 0.25) is 0 Å². The third kappa shape index (κ3) is 5.11. The first-order valence-electron chi connectivity index (χ1n) is 5.41. The van der Waals surface area contributed by atoms with Crippen molar-refractivity contribution in [2.75, 3.05) is 24.2 Å². The van der Waals surface area contributed by atoms with Crippen molar-refractivity contribution in [3.05, 3.63) is 23.9 Å². The molecule has 7 nitrogen and oxygen atoms in total. The molecule has 0 aliphatic carbocycles. The molecule has 1 aromatic rings. The lowest BCUT2D eigenvalue weighted by Crippen LogP contribution is -2.31. The minimum Gasteiger partial charge on any atom is -0.370 e. The van der Waals surface area contributed by atoms with Crippen LogP contribution in [0.25, 0.3) is 0 Å². The maximum atomic E-state index is 11.6. The highest BCUT2D eigenvalue weighted by Gasteiger charge is 2.07. The lowest BCUT2D eigenvalue weighted by atomic mass is 10.2. The van der Waals surface area contributed by atoms with Crippen LogP contribution in [-0.2, 0) is 10.0 Å². The number of nitrogens with zero attached hydrogens (tertiary/aromatic N) is 1. The van der Waals surface area contributed by atoms with Crippen molar-refractivity contribution in [2.24, 2.45) is 5.14 Å². The normalized spacial score (nSPS) is 11.0. The number of aromatic nitrogens is 1. The number of nitrogens with one attached hydrogen (secondary N) is 2. The average Bonchev–Trinajstić information content (AvgIpc) is 2.28. The topological polar surface area (TPSA) is 114 Å². The number of sulfonamides is 1. The number of anilines is 1. The van der Waals surface area contributed by atoms with Gasteiger partial charge in [-0.1, -0.05) is 0 Å². The molecular formula is C10H16N4O3S. The number of rotatable bonds is 6. The van der Waals surface area contributed by atoms with Gasteiger partial charge < -0.3 is 10.6 Å². The minimum absolute atomic E-state index is 0.0212. The average molecular weight is 272 g/mol. The third-order valence-electron chi connectivity index (χ3n) is 2.06. The largest absolute Gasteiger partial charge is 0.370 e. The molecule has 1 heterocycles. The zero-order valence-electron chi connectivity index (χ0n) is 10.0. The Bertz CT molecular complexity index is 498. The molecule has 1 aromatic heterocycles. The number of pyridine rings is 1. The van der Waals surface area contributed by atoms with Crippen molar-refractivity contribution in [1.29, 1.82) is 0 Å². The highest BCUT2D eigenvalue weighted by molar-refractivity contribution is 7.89. The molecule has 0 unspecified atom stereocenters. The van der Waals surface area contributed by atoms with Gasteiger partial charge in [0.05, 0.1) is 11.3 Å². The van der Waals surface area contributed by atoms with Crippen molar-refractivity contribution in [3.8, 4) is 0 Å². The van der Waals surface area contributed by atoms with E-state index in [1.54, 1.807) is 12.1 Å². The fourth-order valence-electron chi connectivity index (χ4n) is 1.22. The van der Waals surface area contributed by atoms with Gasteiger partial charge in [-0.05, 0) is 19.1 Å². The molecule has 4 N–H and O–H groups in total. The van der Waals surface area contributed by atoms with Gasteiger partial charge in [-0.15, -0.1) is 0 Å². The number of carbonyl (C=O) groups excluding carboxylic acids is 1. The Labute approximate surface area is 106 Å². The van der Waals surface area contributed by atoms with E-state index in [4.69, 9.17) is 5.14 Å². The van der Waals surface area contributed by atoms with Gasteiger partial charge in [0, 0.05) is 19.3 Å². The summed E-state index contributed by atoms with van der Waals surface area (Å²) in [6.45, 7) is 2.66. The molecule has 0 aliphatic heterocycles. The van der Waals surface area contributed by atoms with Gasteiger partial charge in [0.25, 0.3) is 5.91 Å². The Morgan fingerprint density at radius 2 is 2.17 bits per heavy atom. The zero-order chi connectivity index (χ0) is 13.6. The SMILES string of the molecule is CCNc1ccc(C(=O)NCCS(N)(=O)=O)cn1. The summed E-state index contributed by atoms with van der Waals surface area (Å²) in [5.74, 6) is 0.00884. The van der Waals surface area contributed by atoms with E-state index in [0.29, 0.717) is 11.4 Å². The second kappa shape index (κ2) is 6.31. The van der Waals surface area contributed by atoms with Gasteiger partial charge in [0.2, 0.25) is 10.0 Å². The molecule has 100 valence electrons. The van der Waals surface area contributed by atoms with Crippen LogP contribution in [-0.4, -0.2) is 38.2 Å². The van der Waals surface area contributed by atoms with E-state index in [-0.39, 0.29) is 18.2 Å². The smallest absolute Gasteiger partial charge is 0.252 e. The van der Waals surface area contributed by atoms with Crippen LogP contribution in [0.15, 0.2) is 18.3 Å². The summed E-state index contributed by atoms with van der Waals surface area (Å²) < 4.78 is 21.3. The van der Waals surface area contributed by atoms with Crippen LogP contribution in [0.5, 0.6) is 0 Å². The molecule has 0 aromatic carbocycles. The van der Waals surface area contributed by atoms with E-state index < -0.39 is 10.0 Å². The summed E-state index contributed by atoms with van der Waals surface area (Å²) in [6, 6.07) is 3.29. The molecule has 0 saturated heterocycles. The van der Waals surface area contributed by atoms with Crippen molar-refractivity contribution in [3.63, 3.8) is 0 Å². The predicted molar refractivity (Wildman–Crippen MR) is 68.7 cm³/mol. The van der Waals surface area contributed by atoms with Crippen LogP contribution in [0.3, 0.4) is 0 Å². The Morgan fingerprint density at radius 3 is 2.67 bits per heavy atom. The summed E-state index contributed by atoms with van der Waals surface area (Å²) in [7, 11) is -3.56. The molecule has 8 heteroatoms. The standard InChI is InChI=1S/C10H16N4O3S/c1-2-12-9-4-3-8(7-14-9)10(15)13-5-6-18(11,16)17/h3-4,7H,2,5-6H2,1H3,(H,12,14)(H,13,15)(H2,11,16,17). The highest BCUT2D eigenvalue weighted by Crippen LogP contribution is 2.04. The summed E-state index contributed by atoms with van der Waals surface area (Å²) in [5.41, 5.74) is 0.367. The Balaban J connectivity index is 2.51. The van der Waals surface area contributed by atoms with Crippen molar-refractivity contribution < 1.29 is 13.2 Å². The molecule has 0 atom stereocenters. The van der Waals surface area contributed by atoms with Crippen LogP contribution < -0.4 is 15.8 Å². The monoisotopic (exact) mass is 272 g/mol. The molecule has 18 heavy (non-hydrogen) atoms. The lowest BCUT2D eigenvalue weighted by Gasteiger charge is -2.05. The van der Waals surface area contributed by atoms with E-state index in [0.717, 1.165) is 6.54 Å². The van der Waals surface area contributed by atoms with E-state index in [2.05, 4.69) is 15.6 Å². The second-order valence-corrected chi connectivity index (χ2v) is 5.32. The van der Waals surface area contributed by atoms with Gasteiger partial charge in [-0.2, -0.15) is 0 Å². The van der Waals surface area contributed by atoms with E-state index >= 15 is 0 Å². The highest BCUT2D eigenvalue weighted by atomic mass is 32.2. The van der Waals surface area contributed by atoms with Gasteiger partial charge in [-0.25, -0.2) is 18.5 Å². The predicted octanol–water partition coefficient (Wildman–Crippen LogP) is -0.468. The molecule has 0 aliphatic rings. The van der Waals surface area contributed by atoms with E-state index in [9.17, 15) is 13.2 Å². The van der Waals surface area contributed by atoms with Crippen molar-refractivity contribution >= 4 is 21.7 Å². The molecule has 0 radical (unpaired) electrons. The maximum Gasteiger partial charge on any atom is 0.252 e. The number of hydrogen-bond acceptors (Lipinski definition) is 5. The summed E-state index contributed by atoms with van der Waals surface area (Å²) in [5, 5.41) is 10.3. The van der Waals surface area contributed by atoms with Crippen LogP contribution in [0, 0.1) is 0 Å². The van der Waals surface area contributed by atoms with E-state index in [1.165, 1.54) is 6.20 Å². The number of primary sulfonamides is 1. The second-order valence-electron chi connectivity index (χ2n) is 3.59. The first-order valence-corrected chi connectivity index (χ1v) is 7.12. The first-order chi connectivity index (χ1) is 8.42. The van der Waals surface area contributed by atoms with Crippen LogP contribution >= 0.6 is 0 Å². The lowest BCUT2D eigenvalue weighted by molar-refractivity contribution is 0.0956. The van der Waals surface area contributed by atoms with Gasteiger partial charge in [-0.3, -0.25) is 4.79 Å². The molecule has 0 fully saturated rings.